The Morgan fingerprint density at radius 3 is 2.63 bits per heavy atom. The Bertz CT molecular complexity index is 432. The van der Waals surface area contributed by atoms with Crippen molar-refractivity contribution >= 4 is 18.5 Å². The molecule has 0 spiro atoms. The van der Waals surface area contributed by atoms with Gasteiger partial charge < -0.3 is 9.64 Å². The molecular formula is C15H21NO2S. The highest BCUT2D eigenvalue weighted by atomic mass is 32.1. The molecule has 0 N–H and O–H groups in total. The predicted molar refractivity (Wildman–Crippen MR) is 79.7 cm³/mol. The molecule has 1 aromatic carbocycles. The summed E-state index contributed by atoms with van der Waals surface area (Å²) < 4.78 is 5.56. The fourth-order valence-corrected chi connectivity index (χ4v) is 2.66. The summed E-state index contributed by atoms with van der Waals surface area (Å²) in [7, 11) is 0. The van der Waals surface area contributed by atoms with Crippen molar-refractivity contribution in [1.29, 1.82) is 0 Å². The van der Waals surface area contributed by atoms with Gasteiger partial charge in [0.2, 0.25) is 5.91 Å². The highest BCUT2D eigenvalue weighted by Gasteiger charge is 2.31. The van der Waals surface area contributed by atoms with E-state index in [0.717, 1.165) is 30.9 Å². The summed E-state index contributed by atoms with van der Waals surface area (Å²) in [4.78, 5) is 13.8. The molecule has 2 unspecified atom stereocenters. The molecular weight excluding hydrogens is 258 g/mol. The van der Waals surface area contributed by atoms with Crippen molar-refractivity contribution in [3.63, 3.8) is 0 Å². The van der Waals surface area contributed by atoms with Gasteiger partial charge in [-0.3, -0.25) is 4.79 Å². The van der Waals surface area contributed by atoms with Gasteiger partial charge in [0.05, 0.1) is 12.6 Å². The number of rotatable bonds is 5. The van der Waals surface area contributed by atoms with Crippen molar-refractivity contribution < 1.29 is 9.53 Å². The largest absolute Gasteiger partial charge is 0.494 e. The molecule has 2 atom stereocenters. The highest BCUT2D eigenvalue weighted by molar-refractivity contribution is 7.81. The van der Waals surface area contributed by atoms with Crippen LogP contribution in [0.3, 0.4) is 0 Å². The van der Waals surface area contributed by atoms with Crippen LogP contribution in [0.4, 0.5) is 0 Å². The fourth-order valence-electron chi connectivity index (χ4n) is 2.33. The number of amides is 1. The summed E-state index contributed by atoms with van der Waals surface area (Å²) in [5, 5.41) is 0.169. The Labute approximate surface area is 120 Å². The number of thiol groups is 1. The van der Waals surface area contributed by atoms with Crippen LogP contribution in [-0.2, 0) is 4.79 Å². The monoisotopic (exact) mass is 279 g/mol. The lowest BCUT2D eigenvalue weighted by atomic mass is 10.1. The molecule has 1 saturated heterocycles. The van der Waals surface area contributed by atoms with E-state index in [1.54, 1.807) is 0 Å². The lowest BCUT2D eigenvalue weighted by Gasteiger charge is -2.25. The topological polar surface area (TPSA) is 29.5 Å². The molecule has 1 aliphatic rings. The molecule has 1 heterocycles. The normalized spacial score (nSPS) is 20.7. The zero-order valence-corrected chi connectivity index (χ0v) is 12.4. The third-order valence-corrected chi connectivity index (χ3v) is 3.79. The number of nitrogens with zero attached hydrogens (tertiary/aromatic N) is 1. The highest BCUT2D eigenvalue weighted by Crippen LogP contribution is 2.28. The second-order valence-electron chi connectivity index (χ2n) is 5.00. The minimum Gasteiger partial charge on any atom is -0.494 e. The maximum Gasteiger partial charge on any atom is 0.224 e. The van der Waals surface area contributed by atoms with E-state index in [0.29, 0.717) is 6.42 Å². The number of ether oxygens (including phenoxy) is 1. The first-order valence-corrected chi connectivity index (χ1v) is 7.33. The SMILES string of the molecule is CCCOc1ccc(C(C)N2CC(S)CC2=O)cc1. The summed E-state index contributed by atoms with van der Waals surface area (Å²) in [5.74, 6) is 1.08. The van der Waals surface area contributed by atoms with Gasteiger partial charge in [-0.05, 0) is 31.0 Å². The van der Waals surface area contributed by atoms with E-state index in [-0.39, 0.29) is 17.2 Å². The van der Waals surface area contributed by atoms with Crippen LogP contribution in [0.5, 0.6) is 5.75 Å². The van der Waals surface area contributed by atoms with Gasteiger partial charge in [-0.1, -0.05) is 19.1 Å². The van der Waals surface area contributed by atoms with E-state index in [2.05, 4.69) is 26.5 Å². The van der Waals surface area contributed by atoms with Gasteiger partial charge in [-0.25, -0.2) is 0 Å². The Hall–Kier alpha value is -1.16. The molecule has 4 heteroatoms. The van der Waals surface area contributed by atoms with Crippen LogP contribution < -0.4 is 4.74 Å². The maximum atomic E-state index is 11.9. The summed E-state index contributed by atoms with van der Waals surface area (Å²) in [6.45, 7) is 5.62. The Morgan fingerprint density at radius 2 is 2.11 bits per heavy atom. The van der Waals surface area contributed by atoms with Gasteiger partial charge in [0, 0.05) is 18.2 Å². The average molecular weight is 279 g/mol. The van der Waals surface area contributed by atoms with Gasteiger partial charge in [0.15, 0.2) is 0 Å². The molecule has 1 amide bonds. The zero-order chi connectivity index (χ0) is 13.8. The van der Waals surface area contributed by atoms with E-state index in [1.807, 2.05) is 29.2 Å². The van der Waals surface area contributed by atoms with Gasteiger partial charge in [0.25, 0.3) is 0 Å². The van der Waals surface area contributed by atoms with Crippen molar-refractivity contribution in [2.45, 2.75) is 38.0 Å². The fraction of sp³-hybridized carbons (Fsp3) is 0.533. The predicted octanol–water partition coefficient (Wildman–Crippen LogP) is 3.07. The van der Waals surface area contributed by atoms with Crippen LogP contribution in [0, 0.1) is 0 Å². The van der Waals surface area contributed by atoms with Crippen LogP contribution in [-0.4, -0.2) is 29.2 Å². The minimum atomic E-state index is 0.102. The maximum absolute atomic E-state index is 11.9. The Morgan fingerprint density at radius 1 is 1.42 bits per heavy atom. The van der Waals surface area contributed by atoms with Crippen LogP contribution in [0.2, 0.25) is 0 Å². The van der Waals surface area contributed by atoms with Crippen molar-refractivity contribution in [2.24, 2.45) is 0 Å². The number of likely N-dealkylation sites (tertiary alicyclic amines) is 1. The summed E-state index contributed by atoms with van der Waals surface area (Å²) in [6, 6.07) is 8.12. The molecule has 0 saturated carbocycles. The van der Waals surface area contributed by atoms with E-state index >= 15 is 0 Å². The quantitative estimate of drug-likeness (QED) is 0.839. The molecule has 1 fully saturated rings. The second-order valence-corrected chi connectivity index (χ2v) is 5.73. The van der Waals surface area contributed by atoms with Crippen LogP contribution >= 0.6 is 12.6 Å². The van der Waals surface area contributed by atoms with E-state index in [9.17, 15) is 4.79 Å². The summed E-state index contributed by atoms with van der Waals surface area (Å²) in [5.41, 5.74) is 1.14. The van der Waals surface area contributed by atoms with Crippen LogP contribution in [0.1, 0.15) is 38.3 Å². The molecule has 2 rings (SSSR count). The van der Waals surface area contributed by atoms with Crippen LogP contribution in [0.15, 0.2) is 24.3 Å². The van der Waals surface area contributed by atoms with Crippen molar-refractivity contribution in [3.8, 4) is 5.75 Å². The third-order valence-electron chi connectivity index (χ3n) is 3.44. The van der Waals surface area contributed by atoms with E-state index in [1.165, 1.54) is 0 Å². The first kappa shape index (κ1) is 14.3. The van der Waals surface area contributed by atoms with Gasteiger partial charge in [-0.2, -0.15) is 12.6 Å². The Kier molecular flexibility index (Phi) is 4.75. The summed E-state index contributed by atoms with van der Waals surface area (Å²) in [6.07, 6.45) is 1.55. The smallest absolute Gasteiger partial charge is 0.224 e. The first-order valence-electron chi connectivity index (χ1n) is 6.82. The molecule has 104 valence electrons. The summed E-state index contributed by atoms with van der Waals surface area (Å²) >= 11 is 4.39. The standard InChI is InChI=1S/C15H21NO2S/c1-3-8-18-13-6-4-12(5-7-13)11(2)16-10-14(19)9-15(16)17/h4-7,11,14,19H,3,8-10H2,1-2H3. The lowest BCUT2D eigenvalue weighted by Crippen LogP contribution is -2.28. The first-order chi connectivity index (χ1) is 9.11. The third kappa shape index (κ3) is 3.44. The molecule has 0 radical (unpaired) electrons. The molecule has 0 aromatic heterocycles. The number of hydrogen-bond donors (Lipinski definition) is 1. The molecule has 3 nitrogen and oxygen atoms in total. The average Bonchev–Trinajstić information content (AvgIpc) is 2.75. The minimum absolute atomic E-state index is 0.102. The molecule has 1 aliphatic heterocycles. The number of carbonyl (C=O) groups excluding carboxylic acids is 1. The van der Waals surface area contributed by atoms with Crippen LogP contribution in [0.25, 0.3) is 0 Å². The van der Waals surface area contributed by atoms with Crippen molar-refractivity contribution in [3.05, 3.63) is 29.8 Å². The van der Waals surface area contributed by atoms with Crippen molar-refractivity contribution in [1.82, 2.24) is 4.90 Å². The molecule has 0 bridgehead atoms. The molecule has 0 aliphatic carbocycles. The number of hydrogen-bond acceptors (Lipinski definition) is 3. The van der Waals surface area contributed by atoms with Gasteiger partial charge in [0.1, 0.15) is 5.75 Å². The Balaban J connectivity index is 2.03. The molecule has 1 aromatic rings. The van der Waals surface area contributed by atoms with Gasteiger partial charge >= 0.3 is 0 Å². The molecule has 19 heavy (non-hydrogen) atoms. The van der Waals surface area contributed by atoms with E-state index in [4.69, 9.17) is 4.74 Å². The van der Waals surface area contributed by atoms with Crippen molar-refractivity contribution in [2.75, 3.05) is 13.2 Å². The second kappa shape index (κ2) is 6.33. The lowest BCUT2D eigenvalue weighted by molar-refractivity contribution is -0.129. The van der Waals surface area contributed by atoms with E-state index < -0.39 is 0 Å². The zero-order valence-electron chi connectivity index (χ0n) is 11.5. The number of benzene rings is 1. The number of carbonyl (C=O) groups is 1. The van der Waals surface area contributed by atoms with Gasteiger partial charge in [-0.15, -0.1) is 0 Å².